The van der Waals surface area contributed by atoms with Crippen LogP contribution in [-0.2, 0) is 21.7 Å². The summed E-state index contributed by atoms with van der Waals surface area (Å²) in [4.78, 5) is 2.47. The molecule has 6 aromatic rings. The van der Waals surface area contributed by atoms with Gasteiger partial charge in [-0.05, 0) is 122 Å². The van der Waals surface area contributed by atoms with Crippen LogP contribution in [-0.4, -0.2) is 0 Å². The lowest BCUT2D eigenvalue weighted by atomic mass is 9.64. The number of anilines is 3. The number of hydrogen-bond donors (Lipinski definition) is 0. The summed E-state index contributed by atoms with van der Waals surface area (Å²) in [6.07, 6.45) is 6.71. The van der Waals surface area contributed by atoms with Crippen molar-refractivity contribution in [2.24, 2.45) is 0 Å². The number of fused-ring (bicyclic) bond motifs is 3. The van der Waals surface area contributed by atoms with Crippen molar-refractivity contribution in [1.29, 1.82) is 0 Å². The molecule has 0 N–H and O–H groups in total. The summed E-state index contributed by atoms with van der Waals surface area (Å²) in [7, 11) is 0. The third-order valence-corrected chi connectivity index (χ3v) is 12.8. The molecule has 1 heterocycles. The number of rotatable bonds is 5. The van der Waals surface area contributed by atoms with Gasteiger partial charge >= 0.3 is 0 Å². The Morgan fingerprint density at radius 2 is 0.981 bits per heavy atom. The molecular formula is C52H63NS. The zero-order valence-electron chi connectivity index (χ0n) is 35.2. The second-order valence-electron chi connectivity index (χ2n) is 20.2. The Morgan fingerprint density at radius 3 is 1.52 bits per heavy atom. The van der Waals surface area contributed by atoms with E-state index in [-0.39, 0.29) is 21.7 Å². The lowest BCUT2D eigenvalue weighted by Crippen LogP contribution is -2.30. The summed E-state index contributed by atoms with van der Waals surface area (Å²) in [5.41, 5.74) is 13.6. The van der Waals surface area contributed by atoms with Gasteiger partial charge in [0.25, 0.3) is 0 Å². The van der Waals surface area contributed by atoms with Crippen LogP contribution >= 0.6 is 11.3 Å². The molecule has 1 saturated carbocycles. The van der Waals surface area contributed by atoms with Crippen LogP contribution in [0.1, 0.15) is 149 Å². The van der Waals surface area contributed by atoms with E-state index < -0.39 is 0 Å². The van der Waals surface area contributed by atoms with Crippen molar-refractivity contribution < 1.29 is 0 Å². The molecule has 0 amide bonds. The summed E-state index contributed by atoms with van der Waals surface area (Å²) in [5, 5.41) is 2.67. The molecule has 1 aliphatic rings. The van der Waals surface area contributed by atoms with E-state index in [0.29, 0.717) is 5.92 Å². The highest BCUT2D eigenvalue weighted by Crippen LogP contribution is 2.50. The van der Waals surface area contributed by atoms with Crippen LogP contribution in [0.25, 0.3) is 31.3 Å². The fraction of sp³-hybridized carbons (Fsp3) is 0.423. The first-order valence-electron chi connectivity index (χ1n) is 20.5. The van der Waals surface area contributed by atoms with Gasteiger partial charge in [-0.2, -0.15) is 0 Å². The first-order chi connectivity index (χ1) is 25.3. The van der Waals surface area contributed by atoms with Crippen LogP contribution in [0.15, 0.2) is 97.1 Å². The fourth-order valence-corrected chi connectivity index (χ4v) is 10.3. The highest BCUT2D eigenvalue weighted by Gasteiger charge is 2.37. The molecule has 2 heteroatoms. The Labute approximate surface area is 330 Å². The summed E-state index contributed by atoms with van der Waals surface area (Å²) in [6.45, 7) is 28.7. The number of nitrogens with zero attached hydrogens (tertiary/aromatic N) is 1. The molecule has 282 valence electrons. The Kier molecular flexibility index (Phi) is 9.96. The average Bonchev–Trinajstić information content (AvgIpc) is 3.48. The van der Waals surface area contributed by atoms with Crippen molar-refractivity contribution in [2.45, 2.75) is 143 Å². The Balaban J connectivity index is 1.42. The van der Waals surface area contributed by atoms with E-state index in [9.17, 15) is 0 Å². The van der Waals surface area contributed by atoms with Crippen LogP contribution in [0, 0.1) is 0 Å². The highest BCUT2D eigenvalue weighted by molar-refractivity contribution is 7.25. The Bertz CT molecular complexity index is 2220. The quantitative estimate of drug-likeness (QED) is 0.171. The number of thiophene rings is 1. The van der Waals surface area contributed by atoms with Gasteiger partial charge in [0.05, 0.1) is 0 Å². The third-order valence-electron chi connectivity index (χ3n) is 11.7. The molecule has 0 aliphatic heterocycles. The van der Waals surface area contributed by atoms with Crippen molar-refractivity contribution in [3.05, 3.63) is 125 Å². The van der Waals surface area contributed by atoms with Gasteiger partial charge in [-0.25, -0.2) is 0 Å². The average molecular weight is 734 g/mol. The predicted molar refractivity (Wildman–Crippen MR) is 240 cm³/mol. The molecule has 1 aromatic heterocycles. The van der Waals surface area contributed by atoms with E-state index in [4.69, 9.17) is 0 Å². The van der Waals surface area contributed by atoms with Crippen LogP contribution < -0.4 is 4.90 Å². The van der Waals surface area contributed by atoms with Crippen molar-refractivity contribution in [3.63, 3.8) is 0 Å². The maximum atomic E-state index is 2.57. The van der Waals surface area contributed by atoms with Gasteiger partial charge in [-0.3, -0.25) is 0 Å². The molecule has 0 atom stereocenters. The van der Waals surface area contributed by atoms with Crippen LogP contribution in [0.5, 0.6) is 0 Å². The second kappa shape index (κ2) is 14.0. The van der Waals surface area contributed by atoms with Gasteiger partial charge in [0.15, 0.2) is 0 Å². The minimum atomic E-state index is -0.0428. The highest BCUT2D eigenvalue weighted by atomic mass is 32.1. The molecule has 0 spiro atoms. The van der Waals surface area contributed by atoms with Crippen molar-refractivity contribution in [3.8, 4) is 11.1 Å². The van der Waals surface area contributed by atoms with E-state index in [0.717, 1.165) is 0 Å². The Morgan fingerprint density at radius 1 is 0.481 bits per heavy atom. The lowest BCUT2D eigenvalue weighted by molar-refractivity contribution is 0.443. The molecule has 7 rings (SSSR count). The van der Waals surface area contributed by atoms with Crippen molar-refractivity contribution in [1.82, 2.24) is 0 Å². The molecular weight excluding hydrogens is 671 g/mol. The van der Waals surface area contributed by atoms with Crippen LogP contribution in [0.3, 0.4) is 0 Å². The van der Waals surface area contributed by atoms with Crippen LogP contribution in [0.2, 0.25) is 0 Å². The fourth-order valence-electron chi connectivity index (χ4n) is 9.12. The SMILES string of the molecule is CC(C)(C)c1cc(C(C)(C)C)c(C(C)(C)C)c(-c2ccc(N(c3ccc(C4CCCCC4)cc3)c3ccc4c(c3)sc3ccccc34)cc2)c1C(C)(C)C. The smallest absolute Gasteiger partial charge is 0.0476 e. The Hall–Kier alpha value is -3.88. The monoisotopic (exact) mass is 733 g/mol. The summed E-state index contributed by atoms with van der Waals surface area (Å²) in [5.74, 6) is 0.686. The van der Waals surface area contributed by atoms with Crippen LogP contribution in [0.4, 0.5) is 17.1 Å². The largest absolute Gasteiger partial charge is 0.310 e. The minimum Gasteiger partial charge on any atom is -0.310 e. The number of benzene rings is 5. The molecule has 54 heavy (non-hydrogen) atoms. The number of hydrogen-bond acceptors (Lipinski definition) is 2. The van der Waals surface area contributed by atoms with Gasteiger partial charge in [0.1, 0.15) is 0 Å². The predicted octanol–water partition coefficient (Wildman–Crippen LogP) is 16.4. The topological polar surface area (TPSA) is 3.24 Å². The molecule has 5 aromatic carbocycles. The molecule has 1 fully saturated rings. The van der Waals surface area contributed by atoms with Gasteiger partial charge in [-0.1, -0.05) is 157 Å². The molecule has 1 aliphatic carbocycles. The third kappa shape index (κ3) is 7.40. The van der Waals surface area contributed by atoms with Crippen molar-refractivity contribution in [2.75, 3.05) is 4.90 Å². The molecule has 0 saturated heterocycles. The summed E-state index contributed by atoms with van der Waals surface area (Å²) in [6, 6.07) is 37.6. The van der Waals surface area contributed by atoms with E-state index in [2.05, 4.69) is 185 Å². The van der Waals surface area contributed by atoms with Gasteiger partial charge < -0.3 is 4.90 Å². The molecule has 0 unspecified atom stereocenters. The molecule has 0 bridgehead atoms. The molecule has 0 radical (unpaired) electrons. The first kappa shape index (κ1) is 38.4. The van der Waals surface area contributed by atoms with E-state index in [1.165, 1.54) is 108 Å². The first-order valence-corrected chi connectivity index (χ1v) is 21.3. The standard InChI is InChI=1S/C52H63NS/c1-49(2,3)42-33-43(50(4,5)6)48(52(10,11)12)46(47(42)51(7,8)9)36-24-28-38(29-25-36)53(37-26-22-35(23-27-37)34-18-14-13-15-19-34)39-30-31-41-40-20-16-17-21-44(40)54-45(41)32-39/h16-17,20-34H,13-15,18-19H2,1-12H3. The van der Waals surface area contributed by atoms with Gasteiger partial charge in [0.2, 0.25) is 0 Å². The van der Waals surface area contributed by atoms with E-state index in [1.807, 2.05) is 11.3 Å². The maximum Gasteiger partial charge on any atom is 0.0476 e. The van der Waals surface area contributed by atoms with E-state index in [1.54, 1.807) is 0 Å². The zero-order valence-corrected chi connectivity index (χ0v) is 36.0. The molecule has 1 nitrogen and oxygen atoms in total. The summed E-state index contributed by atoms with van der Waals surface area (Å²) >= 11 is 1.89. The second-order valence-corrected chi connectivity index (χ2v) is 21.3. The van der Waals surface area contributed by atoms with Gasteiger partial charge in [-0.15, -0.1) is 11.3 Å². The summed E-state index contributed by atoms with van der Waals surface area (Å²) < 4.78 is 2.67. The van der Waals surface area contributed by atoms with E-state index >= 15 is 0 Å². The maximum absolute atomic E-state index is 2.57. The zero-order chi connectivity index (χ0) is 38.8. The lowest BCUT2D eigenvalue weighted by Gasteiger charge is -2.40. The van der Waals surface area contributed by atoms with Crippen molar-refractivity contribution >= 4 is 48.6 Å². The normalized spacial score (nSPS) is 15.0. The van der Waals surface area contributed by atoms with Gasteiger partial charge in [0, 0.05) is 37.2 Å². The minimum absolute atomic E-state index is 0.000451.